The lowest BCUT2D eigenvalue weighted by molar-refractivity contribution is 0.169. The van der Waals surface area contributed by atoms with Gasteiger partial charge in [-0.05, 0) is 44.9 Å². The second kappa shape index (κ2) is 5.61. The number of benzene rings is 1. The van der Waals surface area contributed by atoms with Crippen LogP contribution in [0.1, 0.15) is 32.6 Å². The molecule has 2 fully saturated rings. The van der Waals surface area contributed by atoms with E-state index in [2.05, 4.69) is 17.3 Å². The zero-order valence-corrected chi connectivity index (χ0v) is 13.6. The number of rotatable bonds is 4. The van der Waals surface area contributed by atoms with Crippen molar-refractivity contribution in [3.05, 3.63) is 24.3 Å². The molecule has 1 N–H and O–H groups in total. The minimum absolute atomic E-state index is 0.143. The minimum Gasteiger partial charge on any atom is -0.381 e. The Morgan fingerprint density at radius 2 is 1.81 bits per heavy atom. The SMILES string of the molecule is CCS(=O)(=O)c1ccccc1NC1CC2CCC(C1)N2C. The Bertz CT molecular complexity index is 600. The molecule has 2 aliphatic rings. The van der Waals surface area contributed by atoms with Crippen LogP contribution < -0.4 is 5.32 Å². The lowest BCUT2D eigenvalue weighted by atomic mass is 9.98. The maximum Gasteiger partial charge on any atom is 0.180 e. The van der Waals surface area contributed by atoms with Crippen LogP contribution in [0.4, 0.5) is 5.69 Å². The lowest BCUT2D eigenvalue weighted by Gasteiger charge is -2.37. The van der Waals surface area contributed by atoms with E-state index in [0.29, 0.717) is 23.0 Å². The highest BCUT2D eigenvalue weighted by Gasteiger charge is 2.38. The average molecular weight is 308 g/mol. The number of sulfone groups is 1. The average Bonchev–Trinajstić information content (AvgIpc) is 2.70. The predicted molar refractivity (Wildman–Crippen MR) is 85.4 cm³/mol. The molecule has 3 rings (SSSR count). The van der Waals surface area contributed by atoms with Crippen LogP contribution in [0.25, 0.3) is 0 Å². The topological polar surface area (TPSA) is 49.4 Å². The molecule has 2 heterocycles. The van der Waals surface area contributed by atoms with E-state index in [1.165, 1.54) is 12.8 Å². The highest BCUT2D eigenvalue weighted by atomic mass is 32.2. The van der Waals surface area contributed by atoms with Crippen LogP contribution in [0, 0.1) is 0 Å². The summed E-state index contributed by atoms with van der Waals surface area (Å²) in [4.78, 5) is 2.94. The van der Waals surface area contributed by atoms with Gasteiger partial charge in [-0.3, -0.25) is 0 Å². The molecule has 2 bridgehead atoms. The van der Waals surface area contributed by atoms with Crippen molar-refractivity contribution in [3.8, 4) is 0 Å². The summed E-state index contributed by atoms with van der Waals surface area (Å²) in [5, 5.41) is 3.51. The first-order valence-electron chi connectivity index (χ1n) is 7.81. The number of hydrogen-bond acceptors (Lipinski definition) is 4. The molecule has 0 aromatic heterocycles. The maximum absolute atomic E-state index is 12.2. The van der Waals surface area contributed by atoms with Crippen molar-refractivity contribution in [1.29, 1.82) is 0 Å². The van der Waals surface area contributed by atoms with Gasteiger partial charge in [0.25, 0.3) is 0 Å². The highest BCUT2D eigenvalue weighted by molar-refractivity contribution is 7.91. The van der Waals surface area contributed by atoms with Crippen LogP contribution in [-0.2, 0) is 9.84 Å². The van der Waals surface area contributed by atoms with Crippen molar-refractivity contribution in [2.24, 2.45) is 0 Å². The number of fused-ring (bicyclic) bond motifs is 2. The Hall–Kier alpha value is -1.07. The molecule has 1 aromatic rings. The molecule has 4 nitrogen and oxygen atoms in total. The summed E-state index contributed by atoms with van der Waals surface area (Å²) in [6, 6.07) is 8.99. The molecule has 116 valence electrons. The molecule has 0 radical (unpaired) electrons. The molecule has 0 saturated carbocycles. The second-order valence-electron chi connectivity index (χ2n) is 6.26. The molecule has 21 heavy (non-hydrogen) atoms. The van der Waals surface area contributed by atoms with Gasteiger partial charge in [0.05, 0.1) is 16.3 Å². The molecule has 2 unspecified atom stereocenters. The van der Waals surface area contributed by atoms with Gasteiger partial charge >= 0.3 is 0 Å². The molecule has 1 aromatic carbocycles. The van der Waals surface area contributed by atoms with Gasteiger partial charge in [-0.25, -0.2) is 8.42 Å². The van der Waals surface area contributed by atoms with Crippen molar-refractivity contribution < 1.29 is 8.42 Å². The lowest BCUT2D eigenvalue weighted by Crippen LogP contribution is -2.44. The Kier molecular flexibility index (Phi) is 3.97. The van der Waals surface area contributed by atoms with E-state index >= 15 is 0 Å². The van der Waals surface area contributed by atoms with Crippen LogP contribution in [0.5, 0.6) is 0 Å². The van der Waals surface area contributed by atoms with Crippen LogP contribution in [0.3, 0.4) is 0 Å². The summed E-state index contributed by atoms with van der Waals surface area (Å²) in [5.41, 5.74) is 0.772. The van der Waals surface area contributed by atoms with Gasteiger partial charge in [0, 0.05) is 18.1 Å². The molecule has 0 amide bonds. The standard InChI is InChI=1S/C16H24N2O2S/c1-3-21(19,20)16-7-5-4-6-15(16)17-12-10-13-8-9-14(11-12)18(13)2/h4-7,12-14,17H,3,8-11H2,1-2H3. The van der Waals surface area contributed by atoms with Crippen LogP contribution >= 0.6 is 0 Å². The third-order valence-corrected chi connectivity index (χ3v) is 6.85. The molecule has 2 aliphatic heterocycles. The maximum atomic E-state index is 12.2. The fourth-order valence-electron chi connectivity index (χ4n) is 3.76. The third-order valence-electron chi connectivity index (χ3n) is 5.06. The van der Waals surface area contributed by atoms with Crippen LogP contribution in [0.15, 0.2) is 29.2 Å². The summed E-state index contributed by atoms with van der Waals surface area (Å²) >= 11 is 0. The summed E-state index contributed by atoms with van der Waals surface area (Å²) in [6.07, 6.45) is 4.75. The van der Waals surface area contributed by atoms with Crippen LogP contribution in [0.2, 0.25) is 0 Å². The van der Waals surface area contributed by atoms with Gasteiger partial charge in [-0.1, -0.05) is 19.1 Å². The normalized spacial score (nSPS) is 29.5. The molecule has 2 saturated heterocycles. The van der Waals surface area contributed by atoms with Gasteiger partial charge in [0.15, 0.2) is 9.84 Å². The van der Waals surface area contributed by atoms with Crippen molar-refractivity contribution >= 4 is 15.5 Å². The second-order valence-corrected chi connectivity index (χ2v) is 8.51. The zero-order valence-electron chi connectivity index (χ0n) is 12.7. The molecule has 0 aliphatic carbocycles. The Balaban J connectivity index is 1.80. The summed E-state index contributed by atoms with van der Waals surface area (Å²) < 4.78 is 24.4. The summed E-state index contributed by atoms with van der Waals surface area (Å²) in [7, 11) is -0.958. The third kappa shape index (κ3) is 2.81. The quantitative estimate of drug-likeness (QED) is 0.928. The fourth-order valence-corrected chi connectivity index (χ4v) is 4.82. The van der Waals surface area contributed by atoms with E-state index in [1.54, 1.807) is 19.1 Å². The monoisotopic (exact) mass is 308 g/mol. The molecule has 5 heteroatoms. The largest absolute Gasteiger partial charge is 0.381 e. The van der Waals surface area contributed by atoms with Gasteiger partial charge in [0.2, 0.25) is 0 Å². The first-order valence-corrected chi connectivity index (χ1v) is 9.46. The Morgan fingerprint density at radius 1 is 1.19 bits per heavy atom. The van der Waals surface area contributed by atoms with Gasteiger partial charge in [-0.15, -0.1) is 0 Å². The van der Waals surface area contributed by atoms with E-state index in [9.17, 15) is 8.42 Å². The zero-order chi connectivity index (χ0) is 15.0. The first-order chi connectivity index (χ1) is 10.0. The molecular formula is C16H24N2O2S. The number of hydrogen-bond donors (Lipinski definition) is 1. The number of nitrogens with zero attached hydrogens (tertiary/aromatic N) is 1. The molecular weight excluding hydrogens is 284 g/mol. The van der Waals surface area contributed by atoms with Gasteiger partial charge < -0.3 is 10.2 Å². The Labute approximate surface area is 127 Å². The fraction of sp³-hybridized carbons (Fsp3) is 0.625. The van der Waals surface area contributed by atoms with Crippen molar-refractivity contribution in [2.75, 3.05) is 18.1 Å². The van der Waals surface area contributed by atoms with Gasteiger partial charge in [0.1, 0.15) is 0 Å². The van der Waals surface area contributed by atoms with Crippen LogP contribution in [-0.4, -0.2) is 44.2 Å². The summed E-state index contributed by atoms with van der Waals surface area (Å²) in [5.74, 6) is 0.143. The van der Waals surface area contributed by atoms with E-state index in [-0.39, 0.29) is 5.75 Å². The van der Waals surface area contributed by atoms with E-state index in [4.69, 9.17) is 0 Å². The van der Waals surface area contributed by atoms with E-state index in [0.717, 1.165) is 18.5 Å². The first kappa shape index (κ1) is 14.9. The highest BCUT2D eigenvalue weighted by Crippen LogP contribution is 2.36. The molecule has 2 atom stereocenters. The smallest absolute Gasteiger partial charge is 0.180 e. The number of para-hydroxylation sites is 1. The number of nitrogens with one attached hydrogen (secondary N) is 1. The number of piperidine rings is 1. The summed E-state index contributed by atoms with van der Waals surface area (Å²) in [6.45, 7) is 1.70. The van der Waals surface area contributed by atoms with Crippen molar-refractivity contribution in [2.45, 2.75) is 55.6 Å². The Morgan fingerprint density at radius 3 is 2.43 bits per heavy atom. The van der Waals surface area contributed by atoms with Crippen molar-refractivity contribution in [3.63, 3.8) is 0 Å². The van der Waals surface area contributed by atoms with Crippen molar-refractivity contribution in [1.82, 2.24) is 4.90 Å². The van der Waals surface area contributed by atoms with E-state index in [1.807, 2.05) is 12.1 Å². The van der Waals surface area contributed by atoms with E-state index < -0.39 is 9.84 Å². The molecule has 0 spiro atoms. The number of anilines is 1. The predicted octanol–water partition coefficient (Wildman–Crippen LogP) is 2.52. The van der Waals surface area contributed by atoms with Gasteiger partial charge in [-0.2, -0.15) is 0 Å². The minimum atomic E-state index is -3.17.